The predicted molar refractivity (Wildman–Crippen MR) is 42.0 cm³/mol. The number of aliphatic hydroxyl groups excluding tert-OH is 1. The van der Waals surface area contributed by atoms with Crippen LogP contribution < -0.4 is 5.32 Å². The molecule has 0 saturated carbocycles. The lowest BCUT2D eigenvalue weighted by Gasteiger charge is -2.23. The van der Waals surface area contributed by atoms with E-state index in [0.29, 0.717) is 12.1 Å². The molecule has 0 amide bonds. The smallest absolute Gasteiger partial charge is 0.0431 e. The van der Waals surface area contributed by atoms with Crippen molar-refractivity contribution in [3.63, 3.8) is 0 Å². The van der Waals surface area contributed by atoms with Crippen molar-refractivity contribution in [2.45, 2.75) is 38.1 Å². The maximum atomic E-state index is 8.61. The molecule has 1 atom stereocenters. The molecule has 10 heavy (non-hydrogen) atoms. The maximum Gasteiger partial charge on any atom is 0.0431 e. The fourth-order valence-corrected chi connectivity index (χ4v) is 1.64. The molecule has 2 heteroatoms. The molecule has 0 aromatic rings. The quantitative estimate of drug-likeness (QED) is 0.615. The minimum absolute atomic E-state index is 0.331. The molecule has 0 aromatic heterocycles. The summed E-state index contributed by atoms with van der Waals surface area (Å²) in [5, 5.41) is 12.1. The minimum atomic E-state index is 0.331. The Kier molecular flexibility index (Phi) is 2.69. The fraction of sp³-hybridized carbons (Fsp3) is 1.00. The first-order chi connectivity index (χ1) is 4.77. The largest absolute Gasteiger partial charge is 0.396 e. The standard InChI is InChI=1S/C8H17NO/c1-8(5-3-7-10)4-2-6-9-8/h9-10H,2-7H2,1H3/t8-/m0/s1. The molecule has 0 radical (unpaired) electrons. The van der Waals surface area contributed by atoms with Crippen LogP contribution in [-0.4, -0.2) is 23.8 Å². The molecule has 0 aromatic carbocycles. The van der Waals surface area contributed by atoms with Gasteiger partial charge in [0, 0.05) is 12.1 Å². The molecule has 60 valence electrons. The number of hydrogen-bond acceptors (Lipinski definition) is 2. The first-order valence-electron chi connectivity index (χ1n) is 4.13. The Morgan fingerprint density at radius 1 is 1.60 bits per heavy atom. The third kappa shape index (κ3) is 1.96. The molecular weight excluding hydrogens is 126 g/mol. The molecule has 1 heterocycles. The lowest BCUT2D eigenvalue weighted by atomic mass is 9.94. The minimum Gasteiger partial charge on any atom is -0.396 e. The van der Waals surface area contributed by atoms with Crippen LogP contribution in [0.15, 0.2) is 0 Å². The number of rotatable bonds is 3. The highest BCUT2D eigenvalue weighted by Gasteiger charge is 2.26. The molecule has 1 fully saturated rings. The zero-order valence-electron chi connectivity index (χ0n) is 6.69. The summed E-state index contributed by atoms with van der Waals surface area (Å²) < 4.78 is 0. The first kappa shape index (κ1) is 8.02. The SMILES string of the molecule is C[C@@]1(CCCO)CCCN1. The van der Waals surface area contributed by atoms with Crippen molar-refractivity contribution < 1.29 is 5.11 Å². The van der Waals surface area contributed by atoms with E-state index in [1.807, 2.05) is 0 Å². The van der Waals surface area contributed by atoms with Gasteiger partial charge in [-0.05, 0) is 39.2 Å². The molecule has 0 spiro atoms. The van der Waals surface area contributed by atoms with E-state index in [-0.39, 0.29) is 0 Å². The van der Waals surface area contributed by atoms with Gasteiger partial charge in [0.15, 0.2) is 0 Å². The average Bonchev–Trinajstić information content (AvgIpc) is 2.33. The van der Waals surface area contributed by atoms with Crippen molar-refractivity contribution in [1.82, 2.24) is 5.32 Å². The van der Waals surface area contributed by atoms with Crippen LogP contribution in [0.1, 0.15) is 32.6 Å². The number of hydrogen-bond donors (Lipinski definition) is 2. The van der Waals surface area contributed by atoms with Gasteiger partial charge in [-0.1, -0.05) is 0 Å². The van der Waals surface area contributed by atoms with Gasteiger partial charge in [0.2, 0.25) is 0 Å². The predicted octanol–water partition coefficient (Wildman–Crippen LogP) is 0.901. The van der Waals surface area contributed by atoms with Crippen LogP contribution in [0, 0.1) is 0 Å². The molecule has 2 nitrogen and oxygen atoms in total. The molecule has 1 rings (SSSR count). The van der Waals surface area contributed by atoms with Gasteiger partial charge >= 0.3 is 0 Å². The van der Waals surface area contributed by atoms with E-state index in [4.69, 9.17) is 5.11 Å². The Hall–Kier alpha value is -0.0800. The normalized spacial score (nSPS) is 33.0. The Balaban J connectivity index is 2.22. The monoisotopic (exact) mass is 143 g/mol. The first-order valence-corrected chi connectivity index (χ1v) is 4.13. The number of aliphatic hydroxyl groups is 1. The van der Waals surface area contributed by atoms with Crippen LogP contribution in [0.3, 0.4) is 0 Å². The van der Waals surface area contributed by atoms with Gasteiger partial charge < -0.3 is 10.4 Å². The second-order valence-electron chi connectivity index (χ2n) is 3.42. The molecule has 0 aliphatic carbocycles. The highest BCUT2D eigenvalue weighted by Crippen LogP contribution is 2.23. The highest BCUT2D eigenvalue weighted by atomic mass is 16.2. The van der Waals surface area contributed by atoms with Gasteiger partial charge in [-0.2, -0.15) is 0 Å². The van der Waals surface area contributed by atoms with Gasteiger partial charge in [0.1, 0.15) is 0 Å². The van der Waals surface area contributed by atoms with Crippen LogP contribution >= 0.6 is 0 Å². The Morgan fingerprint density at radius 3 is 2.90 bits per heavy atom. The van der Waals surface area contributed by atoms with Crippen molar-refractivity contribution >= 4 is 0 Å². The van der Waals surface area contributed by atoms with Crippen molar-refractivity contribution in [3.8, 4) is 0 Å². The fourth-order valence-electron chi connectivity index (χ4n) is 1.64. The van der Waals surface area contributed by atoms with E-state index in [1.54, 1.807) is 0 Å². The van der Waals surface area contributed by atoms with Crippen molar-refractivity contribution in [2.75, 3.05) is 13.2 Å². The van der Waals surface area contributed by atoms with E-state index < -0.39 is 0 Å². The molecule has 1 aliphatic heterocycles. The molecule has 1 aliphatic rings. The van der Waals surface area contributed by atoms with Gasteiger partial charge in [-0.15, -0.1) is 0 Å². The van der Waals surface area contributed by atoms with Crippen LogP contribution in [0.5, 0.6) is 0 Å². The van der Waals surface area contributed by atoms with Crippen molar-refractivity contribution in [2.24, 2.45) is 0 Å². The van der Waals surface area contributed by atoms with Crippen LogP contribution in [0.4, 0.5) is 0 Å². The van der Waals surface area contributed by atoms with Gasteiger partial charge in [-0.25, -0.2) is 0 Å². The Labute approximate surface area is 62.6 Å². The van der Waals surface area contributed by atoms with Crippen LogP contribution in [0.2, 0.25) is 0 Å². The van der Waals surface area contributed by atoms with E-state index in [1.165, 1.54) is 12.8 Å². The van der Waals surface area contributed by atoms with E-state index in [9.17, 15) is 0 Å². The Morgan fingerprint density at radius 2 is 2.40 bits per heavy atom. The molecule has 0 unspecified atom stereocenters. The molecule has 2 N–H and O–H groups in total. The highest BCUT2D eigenvalue weighted by molar-refractivity contribution is 4.87. The average molecular weight is 143 g/mol. The molecule has 0 bridgehead atoms. The lowest BCUT2D eigenvalue weighted by molar-refractivity contribution is 0.257. The third-order valence-electron chi connectivity index (χ3n) is 2.34. The molecular formula is C8H17NO. The van der Waals surface area contributed by atoms with Crippen molar-refractivity contribution in [1.29, 1.82) is 0 Å². The van der Waals surface area contributed by atoms with Crippen molar-refractivity contribution in [3.05, 3.63) is 0 Å². The third-order valence-corrected chi connectivity index (χ3v) is 2.34. The summed E-state index contributed by atoms with van der Waals surface area (Å²) in [4.78, 5) is 0. The van der Waals surface area contributed by atoms with Crippen LogP contribution in [0.25, 0.3) is 0 Å². The second-order valence-corrected chi connectivity index (χ2v) is 3.42. The summed E-state index contributed by atoms with van der Waals surface area (Å²) in [7, 11) is 0. The van der Waals surface area contributed by atoms with E-state index in [0.717, 1.165) is 19.4 Å². The molecule has 1 saturated heterocycles. The van der Waals surface area contributed by atoms with Gasteiger partial charge in [0.25, 0.3) is 0 Å². The summed E-state index contributed by atoms with van der Waals surface area (Å²) in [5.74, 6) is 0. The van der Waals surface area contributed by atoms with Gasteiger partial charge in [-0.3, -0.25) is 0 Å². The van der Waals surface area contributed by atoms with E-state index in [2.05, 4.69) is 12.2 Å². The van der Waals surface area contributed by atoms with E-state index >= 15 is 0 Å². The summed E-state index contributed by atoms with van der Waals surface area (Å²) >= 11 is 0. The topological polar surface area (TPSA) is 32.3 Å². The summed E-state index contributed by atoms with van der Waals surface area (Å²) in [6, 6.07) is 0. The zero-order valence-corrected chi connectivity index (χ0v) is 6.69. The number of nitrogens with one attached hydrogen (secondary N) is 1. The second kappa shape index (κ2) is 3.35. The van der Waals surface area contributed by atoms with Crippen LogP contribution in [-0.2, 0) is 0 Å². The maximum absolute atomic E-state index is 8.61. The summed E-state index contributed by atoms with van der Waals surface area (Å²) in [6.45, 7) is 3.73. The lowest BCUT2D eigenvalue weighted by Crippen LogP contribution is -2.36. The Bertz CT molecular complexity index is 97.4. The van der Waals surface area contributed by atoms with Gasteiger partial charge in [0.05, 0.1) is 0 Å². The summed E-state index contributed by atoms with van der Waals surface area (Å²) in [6.07, 6.45) is 4.61. The summed E-state index contributed by atoms with van der Waals surface area (Å²) in [5.41, 5.74) is 0.336. The zero-order chi connectivity index (χ0) is 7.45.